The number of thiazole rings is 1. The monoisotopic (exact) mass is 295 g/mol. The van der Waals surface area contributed by atoms with Gasteiger partial charge in [-0.25, -0.2) is 14.6 Å². The van der Waals surface area contributed by atoms with Crippen LogP contribution in [0.2, 0.25) is 0 Å². The Morgan fingerprint density at radius 2 is 2.10 bits per heavy atom. The lowest BCUT2D eigenvalue weighted by atomic mass is 10.4. The number of hydrogen-bond acceptors (Lipinski definition) is 5. The van der Waals surface area contributed by atoms with Crippen LogP contribution in [0.4, 0.5) is 4.79 Å². The highest BCUT2D eigenvalue weighted by atomic mass is 32.1. The predicted molar refractivity (Wildman–Crippen MR) is 71.6 cm³/mol. The predicted octanol–water partition coefficient (Wildman–Crippen LogP) is 1.74. The summed E-state index contributed by atoms with van der Waals surface area (Å²) in [6.07, 6.45) is 0. The lowest BCUT2D eigenvalue weighted by molar-refractivity contribution is 0.0691. The van der Waals surface area contributed by atoms with Crippen molar-refractivity contribution >= 4 is 23.3 Å². The zero-order valence-corrected chi connectivity index (χ0v) is 11.5. The van der Waals surface area contributed by atoms with E-state index in [2.05, 4.69) is 15.6 Å². The maximum absolute atomic E-state index is 11.5. The van der Waals surface area contributed by atoms with Gasteiger partial charge in [0.05, 0.1) is 13.1 Å². The number of furan rings is 1. The Labute approximate surface area is 118 Å². The number of carbonyl (C=O) groups excluding carboxylic acids is 1. The summed E-state index contributed by atoms with van der Waals surface area (Å²) in [5.41, 5.74) is -0.0155. The summed E-state index contributed by atoms with van der Waals surface area (Å²) < 4.78 is 5.31. The quantitative estimate of drug-likeness (QED) is 0.779. The fourth-order valence-corrected chi connectivity index (χ4v) is 2.16. The third kappa shape index (κ3) is 3.82. The van der Waals surface area contributed by atoms with Crippen LogP contribution in [0.5, 0.6) is 0 Å². The summed E-state index contributed by atoms with van der Waals surface area (Å²) in [4.78, 5) is 26.0. The molecular weight excluding hydrogens is 282 g/mol. The largest absolute Gasteiger partial charge is 0.476 e. The summed E-state index contributed by atoms with van der Waals surface area (Å²) in [6.45, 7) is 2.30. The van der Waals surface area contributed by atoms with Gasteiger partial charge < -0.3 is 20.2 Å². The molecule has 0 fully saturated rings. The van der Waals surface area contributed by atoms with Gasteiger partial charge in [-0.3, -0.25) is 0 Å². The smallest absolute Gasteiger partial charge is 0.355 e. The molecule has 106 valence electrons. The van der Waals surface area contributed by atoms with E-state index in [1.54, 1.807) is 6.07 Å². The molecule has 2 aromatic rings. The number of carbonyl (C=O) groups is 2. The van der Waals surface area contributed by atoms with E-state index in [0.717, 1.165) is 5.76 Å². The number of aromatic carboxylic acids is 1. The van der Waals surface area contributed by atoms with Crippen LogP contribution in [0.25, 0.3) is 0 Å². The zero-order valence-electron chi connectivity index (χ0n) is 10.7. The number of nitrogens with one attached hydrogen (secondary N) is 2. The molecule has 2 amide bonds. The first-order chi connectivity index (χ1) is 9.54. The average molecular weight is 295 g/mol. The van der Waals surface area contributed by atoms with Crippen molar-refractivity contribution in [1.82, 2.24) is 15.6 Å². The van der Waals surface area contributed by atoms with E-state index in [9.17, 15) is 9.59 Å². The second kappa shape index (κ2) is 6.20. The molecule has 0 aliphatic rings. The van der Waals surface area contributed by atoms with E-state index in [1.165, 1.54) is 16.7 Å². The molecule has 3 N–H and O–H groups in total. The molecule has 0 saturated heterocycles. The van der Waals surface area contributed by atoms with Gasteiger partial charge in [0.15, 0.2) is 5.69 Å². The summed E-state index contributed by atoms with van der Waals surface area (Å²) in [6, 6.07) is 3.24. The van der Waals surface area contributed by atoms with Crippen LogP contribution in [-0.2, 0) is 13.1 Å². The lowest BCUT2D eigenvalue weighted by Crippen LogP contribution is -2.34. The van der Waals surface area contributed by atoms with Crippen molar-refractivity contribution in [3.63, 3.8) is 0 Å². The van der Waals surface area contributed by atoms with Crippen molar-refractivity contribution in [2.45, 2.75) is 20.0 Å². The number of carboxylic acid groups (broad SMARTS) is 1. The molecule has 0 aliphatic heterocycles. The molecule has 2 rings (SSSR count). The maximum Gasteiger partial charge on any atom is 0.355 e. The summed E-state index contributed by atoms with van der Waals surface area (Å²) >= 11 is 1.18. The molecule has 8 heteroatoms. The van der Waals surface area contributed by atoms with Crippen LogP contribution in [0, 0.1) is 6.92 Å². The molecular formula is C12H13N3O4S. The van der Waals surface area contributed by atoms with E-state index >= 15 is 0 Å². The normalized spacial score (nSPS) is 10.2. The second-order valence-electron chi connectivity index (χ2n) is 3.98. The van der Waals surface area contributed by atoms with Crippen molar-refractivity contribution in [1.29, 1.82) is 0 Å². The first-order valence-corrected chi connectivity index (χ1v) is 6.67. The lowest BCUT2D eigenvalue weighted by Gasteiger charge is -2.04. The third-order valence-electron chi connectivity index (χ3n) is 2.39. The summed E-state index contributed by atoms with van der Waals surface area (Å²) in [5, 5.41) is 15.9. The van der Waals surface area contributed by atoms with Gasteiger partial charge in [0.2, 0.25) is 0 Å². The number of urea groups is 1. The summed E-state index contributed by atoms with van der Waals surface area (Å²) in [7, 11) is 0. The van der Waals surface area contributed by atoms with E-state index in [1.807, 2.05) is 13.0 Å². The van der Waals surface area contributed by atoms with Gasteiger partial charge in [0, 0.05) is 5.38 Å². The van der Waals surface area contributed by atoms with Crippen molar-refractivity contribution in [2.24, 2.45) is 0 Å². The first-order valence-electron chi connectivity index (χ1n) is 5.79. The fourth-order valence-electron chi connectivity index (χ4n) is 1.46. The number of aryl methyl sites for hydroxylation is 1. The van der Waals surface area contributed by atoms with E-state index in [4.69, 9.17) is 9.52 Å². The molecule has 0 radical (unpaired) electrons. The molecule has 2 aromatic heterocycles. The van der Waals surface area contributed by atoms with E-state index in [-0.39, 0.29) is 24.8 Å². The van der Waals surface area contributed by atoms with E-state index < -0.39 is 5.97 Å². The molecule has 2 heterocycles. The molecule has 0 spiro atoms. The number of carboxylic acids is 1. The minimum Gasteiger partial charge on any atom is -0.476 e. The Morgan fingerprint density at radius 3 is 2.70 bits per heavy atom. The van der Waals surface area contributed by atoms with E-state index in [0.29, 0.717) is 10.8 Å². The SMILES string of the molecule is Cc1ccc(CNC(=O)NCc2nc(C(=O)O)cs2)o1. The van der Waals surface area contributed by atoms with Gasteiger partial charge >= 0.3 is 12.0 Å². The van der Waals surface area contributed by atoms with Crippen LogP contribution in [-0.4, -0.2) is 22.1 Å². The van der Waals surface area contributed by atoms with Gasteiger partial charge in [-0.15, -0.1) is 11.3 Å². The van der Waals surface area contributed by atoms with Crippen molar-refractivity contribution in [2.75, 3.05) is 0 Å². The maximum atomic E-state index is 11.5. The molecule has 7 nitrogen and oxygen atoms in total. The van der Waals surface area contributed by atoms with Crippen LogP contribution in [0.1, 0.15) is 27.0 Å². The van der Waals surface area contributed by atoms with Gasteiger partial charge in [-0.2, -0.15) is 0 Å². The first kappa shape index (κ1) is 14.1. The number of amides is 2. The molecule has 0 bridgehead atoms. The Hall–Kier alpha value is -2.35. The van der Waals surface area contributed by atoms with Gasteiger partial charge in [-0.1, -0.05) is 0 Å². The minimum absolute atomic E-state index is 0.0155. The van der Waals surface area contributed by atoms with Gasteiger partial charge in [-0.05, 0) is 19.1 Å². The van der Waals surface area contributed by atoms with Crippen LogP contribution < -0.4 is 10.6 Å². The standard InChI is InChI=1S/C12H13N3O4S/c1-7-2-3-8(19-7)4-13-12(18)14-5-10-15-9(6-20-10)11(16)17/h2-3,6H,4-5H2,1H3,(H,16,17)(H2,13,14,18). The molecule has 0 saturated carbocycles. The minimum atomic E-state index is -1.08. The average Bonchev–Trinajstić information content (AvgIpc) is 3.03. The number of aromatic nitrogens is 1. The number of rotatable bonds is 5. The molecule has 0 unspecified atom stereocenters. The highest BCUT2D eigenvalue weighted by Gasteiger charge is 2.09. The molecule has 0 aromatic carbocycles. The highest BCUT2D eigenvalue weighted by Crippen LogP contribution is 2.09. The Kier molecular flexibility index (Phi) is 4.36. The van der Waals surface area contributed by atoms with Crippen LogP contribution in [0.3, 0.4) is 0 Å². The topological polar surface area (TPSA) is 104 Å². The Bertz CT molecular complexity index is 620. The van der Waals surface area contributed by atoms with Crippen molar-refractivity contribution < 1.29 is 19.1 Å². The molecule has 0 atom stereocenters. The second-order valence-corrected chi connectivity index (χ2v) is 4.92. The fraction of sp³-hybridized carbons (Fsp3) is 0.250. The van der Waals surface area contributed by atoms with Crippen molar-refractivity contribution in [3.8, 4) is 0 Å². The summed E-state index contributed by atoms with van der Waals surface area (Å²) in [5.74, 6) is 0.372. The molecule has 20 heavy (non-hydrogen) atoms. The highest BCUT2D eigenvalue weighted by molar-refractivity contribution is 7.09. The zero-order chi connectivity index (χ0) is 14.5. The van der Waals surface area contributed by atoms with Crippen LogP contribution >= 0.6 is 11.3 Å². The van der Waals surface area contributed by atoms with Crippen LogP contribution in [0.15, 0.2) is 21.9 Å². The third-order valence-corrected chi connectivity index (χ3v) is 3.24. The van der Waals surface area contributed by atoms with Crippen molar-refractivity contribution in [3.05, 3.63) is 39.7 Å². The number of nitrogens with zero attached hydrogens (tertiary/aromatic N) is 1. The number of hydrogen-bond donors (Lipinski definition) is 3. The van der Waals surface area contributed by atoms with Gasteiger partial charge in [0.1, 0.15) is 16.5 Å². The van der Waals surface area contributed by atoms with Gasteiger partial charge in [0.25, 0.3) is 0 Å². The Morgan fingerprint density at radius 1 is 1.35 bits per heavy atom. The Balaban J connectivity index is 1.75. The molecule has 0 aliphatic carbocycles.